The van der Waals surface area contributed by atoms with Crippen molar-refractivity contribution >= 4 is 8.45 Å². The predicted molar refractivity (Wildman–Crippen MR) is 75.1 cm³/mol. The van der Waals surface area contributed by atoms with Gasteiger partial charge in [0.05, 0.1) is 39.6 Å². The minimum absolute atomic E-state index is 0.483. The quantitative estimate of drug-likeness (QED) is 0.262. The lowest BCUT2D eigenvalue weighted by Gasteiger charge is -2.17. The summed E-state index contributed by atoms with van der Waals surface area (Å²) in [4.78, 5) is 0. The fraction of sp³-hybridized carbons (Fsp3) is 1.00. The molecule has 0 aliphatic heterocycles. The van der Waals surface area contributed by atoms with E-state index in [-0.39, 0.29) is 0 Å². The Morgan fingerprint density at radius 2 is 1.53 bits per heavy atom. The van der Waals surface area contributed by atoms with Crippen LogP contribution >= 0.6 is 8.45 Å². The zero-order valence-electron chi connectivity index (χ0n) is 12.1. The molecule has 0 heterocycles. The van der Waals surface area contributed by atoms with E-state index in [1.54, 1.807) is 7.11 Å². The van der Waals surface area contributed by atoms with E-state index in [1.165, 1.54) is 0 Å². The van der Waals surface area contributed by atoms with E-state index in [1.807, 2.05) is 14.0 Å². The van der Waals surface area contributed by atoms with Gasteiger partial charge in [0.1, 0.15) is 6.73 Å². The van der Waals surface area contributed by atoms with Gasteiger partial charge in [0.2, 0.25) is 0 Å². The minimum atomic E-state index is -0.855. The molecule has 1 atom stereocenters. The van der Waals surface area contributed by atoms with E-state index >= 15 is 0 Å². The fourth-order valence-corrected chi connectivity index (χ4v) is 1.89. The minimum Gasteiger partial charge on any atom is -0.382 e. The molecular weight excluding hydrogens is 271 g/mol. The number of hydrogen-bond donors (Lipinski definition) is 2. The lowest BCUT2D eigenvalue weighted by Crippen LogP contribution is -2.21. The summed E-state index contributed by atoms with van der Waals surface area (Å²) in [6.07, 6.45) is 0. The van der Waals surface area contributed by atoms with Crippen LogP contribution in [-0.2, 0) is 23.5 Å². The maximum Gasteiger partial charge on any atom is 0.183 e. The summed E-state index contributed by atoms with van der Waals surface area (Å²) in [5.74, 6) is 0. The van der Waals surface area contributed by atoms with Gasteiger partial charge in [-0.2, -0.15) is 0 Å². The van der Waals surface area contributed by atoms with E-state index in [9.17, 15) is 0 Å². The Bertz CT molecular complexity index is 179. The van der Waals surface area contributed by atoms with Crippen LogP contribution < -0.4 is 10.2 Å². The Kier molecular flexibility index (Phi) is 16.3. The van der Waals surface area contributed by atoms with Crippen molar-refractivity contribution in [1.29, 1.82) is 0 Å². The van der Waals surface area contributed by atoms with Crippen LogP contribution in [0.1, 0.15) is 6.92 Å². The first kappa shape index (κ1) is 19.1. The number of rotatable bonds is 15. The highest BCUT2D eigenvalue weighted by Gasteiger charge is 2.04. The Hall–Kier alpha value is 0.150. The summed E-state index contributed by atoms with van der Waals surface area (Å²) >= 11 is 0. The van der Waals surface area contributed by atoms with Crippen LogP contribution in [-0.4, -0.2) is 67.1 Å². The molecule has 0 radical (unpaired) electrons. The van der Waals surface area contributed by atoms with E-state index in [2.05, 4.69) is 10.2 Å². The zero-order chi connectivity index (χ0) is 14.2. The molecule has 7 nitrogen and oxygen atoms in total. The molecule has 19 heavy (non-hydrogen) atoms. The van der Waals surface area contributed by atoms with Crippen LogP contribution in [0.3, 0.4) is 0 Å². The third kappa shape index (κ3) is 14.4. The maximum absolute atomic E-state index is 5.56. The van der Waals surface area contributed by atoms with Crippen LogP contribution in [0.4, 0.5) is 0 Å². The van der Waals surface area contributed by atoms with Crippen molar-refractivity contribution in [3.63, 3.8) is 0 Å². The molecule has 2 N–H and O–H groups in total. The third-order valence-corrected chi connectivity index (χ3v) is 3.23. The van der Waals surface area contributed by atoms with E-state index in [0.717, 1.165) is 0 Å². The highest BCUT2D eigenvalue weighted by Crippen LogP contribution is 2.24. The summed E-state index contributed by atoms with van der Waals surface area (Å²) in [7, 11) is 2.64. The number of methoxy groups -OCH3 is 1. The number of ether oxygens (including phenoxy) is 4. The number of hydrogen-bond acceptors (Lipinski definition) is 7. The van der Waals surface area contributed by atoms with Gasteiger partial charge < -0.3 is 23.5 Å². The van der Waals surface area contributed by atoms with Crippen molar-refractivity contribution in [3.8, 4) is 0 Å². The highest BCUT2D eigenvalue weighted by atomic mass is 31.2. The Morgan fingerprint density at radius 1 is 0.895 bits per heavy atom. The van der Waals surface area contributed by atoms with Crippen LogP contribution in [0.2, 0.25) is 0 Å². The molecule has 0 amide bonds. The summed E-state index contributed by atoms with van der Waals surface area (Å²) in [5, 5.41) is 6.15. The molecule has 0 saturated carbocycles. The largest absolute Gasteiger partial charge is 0.382 e. The van der Waals surface area contributed by atoms with Crippen LogP contribution in [0.5, 0.6) is 0 Å². The van der Waals surface area contributed by atoms with Gasteiger partial charge in [-0.15, -0.1) is 0 Å². The van der Waals surface area contributed by atoms with Gasteiger partial charge in [-0.1, -0.05) is 0 Å². The van der Waals surface area contributed by atoms with Crippen molar-refractivity contribution in [2.75, 3.05) is 67.1 Å². The summed E-state index contributed by atoms with van der Waals surface area (Å²) in [6.45, 7) is 6.55. The molecule has 0 spiro atoms. The molecule has 0 bridgehead atoms. The van der Waals surface area contributed by atoms with Gasteiger partial charge in [0.25, 0.3) is 0 Å². The van der Waals surface area contributed by atoms with Crippen molar-refractivity contribution < 1.29 is 23.5 Å². The summed E-state index contributed by atoms with van der Waals surface area (Å²) < 4.78 is 26.2. The van der Waals surface area contributed by atoms with Crippen molar-refractivity contribution in [2.45, 2.75) is 6.92 Å². The first-order valence-electron chi connectivity index (χ1n) is 6.41. The average molecular weight is 298 g/mol. The second-order valence-corrected chi connectivity index (χ2v) is 4.97. The van der Waals surface area contributed by atoms with Gasteiger partial charge >= 0.3 is 0 Å². The fourth-order valence-electron chi connectivity index (χ4n) is 1.05. The van der Waals surface area contributed by atoms with E-state index in [0.29, 0.717) is 53.0 Å². The molecule has 0 aromatic rings. The first-order valence-corrected chi connectivity index (χ1v) is 7.67. The van der Waals surface area contributed by atoms with E-state index in [4.69, 9.17) is 23.5 Å². The molecule has 0 aliphatic carbocycles. The smallest absolute Gasteiger partial charge is 0.183 e. The van der Waals surface area contributed by atoms with Gasteiger partial charge in [-0.25, -0.2) is 5.09 Å². The standard InChI is InChI=1S/C11H27N2O5P/c1-4-15-11-13-19(12-2)18-10-9-17-8-7-16-6-5-14-3/h12-13H,4-11H2,1-3H3. The molecule has 0 aromatic carbocycles. The SMILES string of the molecule is CCOCNP(NC)OCCOCCOCCOC. The second-order valence-electron chi connectivity index (χ2n) is 3.36. The molecule has 0 aliphatic rings. The van der Waals surface area contributed by atoms with Gasteiger partial charge in [0.15, 0.2) is 8.45 Å². The topological polar surface area (TPSA) is 70.2 Å². The average Bonchev–Trinajstić information content (AvgIpc) is 2.43. The van der Waals surface area contributed by atoms with Crippen LogP contribution in [0.25, 0.3) is 0 Å². The van der Waals surface area contributed by atoms with Gasteiger partial charge in [-0.05, 0) is 14.0 Å². The molecular formula is C11H27N2O5P. The Labute approximate surface area is 117 Å². The molecule has 0 fully saturated rings. The first-order chi connectivity index (χ1) is 9.35. The molecule has 0 saturated heterocycles. The predicted octanol–water partition coefficient (Wildman–Crippen LogP) is 0.713. The maximum atomic E-state index is 5.56. The normalized spacial score (nSPS) is 12.8. The van der Waals surface area contributed by atoms with Gasteiger partial charge in [-0.3, -0.25) is 5.09 Å². The summed E-state index contributed by atoms with van der Waals surface area (Å²) in [5.41, 5.74) is 0. The summed E-state index contributed by atoms with van der Waals surface area (Å²) in [6, 6.07) is 0. The lowest BCUT2D eigenvalue weighted by atomic mass is 10.7. The molecule has 8 heteroatoms. The molecule has 0 aromatic heterocycles. The molecule has 0 rings (SSSR count). The van der Waals surface area contributed by atoms with Crippen LogP contribution in [0, 0.1) is 0 Å². The van der Waals surface area contributed by atoms with Crippen molar-refractivity contribution in [3.05, 3.63) is 0 Å². The third-order valence-electron chi connectivity index (χ3n) is 1.97. The monoisotopic (exact) mass is 298 g/mol. The van der Waals surface area contributed by atoms with Crippen molar-refractivity contribution in [2.24, 2.45) is 0 Å². The molecule has 116 valence electrons. The van der Waals surface area contributed by atoms with Gasteiger partial charge in [0, 0.05) is 13.7 Å². The van der Waals surface area contributed by atoms with Crippen LogP contribution in [0.15, 0.2) is 0 Å². The molecule has 1 unspecified atom stereocenters. The Balaban J connectivity index is 3.21. The lowest BCUT2D eigenvalue weighted by molar-refractivity contribution is 0.0184. The highest BCUT2D eigenvalue weighted by molar-refractivity contribution is 7.48. The van der Waals surface area contributed by atoms with Crippen molar-refractivity contribution in [1.82, 2.24) is 10.2 Å². The second kappa shape index (κ2) is 16.2. The number of nitrogens with one attached hydrogen (secondary N) is 2. The zero-order valence-corrected chi connectivity index (χ0v) is 13.0. The van der Waals surface area contributed by atoms with E-state index < -0.39 is 8.45 Å². The Morgan fingerprint density at radius 3 is 2.11 bits per heavy atom.